The fraction of sp³-hybridized carbons (Fsp3) is 0.900. The molecular weight excluding hydrogens is 178 g/mol. The van der Waals surface area contributed by atoms with Gasteiger partial charge in [-0.25, -0.2) is 0 Å². The highest BCUT2D eigenvalue weighted by Crippen LogP contribution is 2.12. The van der Waals surface area contributed by atoms with Crippen LogP contribution >= 0.6 is 0 Å². The summed E-state index contributed by atoms with van der Waals surface area (Å²) in [6, 6.07) is 0.504. The van der Waals surface area contributed by atoms with Crippen LogP contribution in [0.25, 0.3) is 0 Å². The summed E-state index contributed by atoms with van der Waals surface area (Å²) in [6.45, 7) is 4.61. The van der Waals surface area contributed by atoms with Gasteiger partial charge in [0.05, 0.1) is 0 Å². The third kappa shape index (κ3) is 3.18. The number of guanidine groups is 1. The zero-order valence-electron chi connectivity index (χ0n) is 9.20. The molecule has 4 nitrogen and oxygen atoms in total. The molecule has 0 saturated carbocycles. The van der Waals surface area contributed by atoms with Crippen LogP contribution in [0.2, 0.25) is 0 Å². The molecular formula is C10H21N3O. The van der Waals surface area contributed by atoms with Gasteiger partial charge in [-0.2, -0.15) is 0 Å². The first-order valence-corrected chi connectivity index (χ1v) is 5.36. The predicted octanol–water partition coefficient (Wildman–Crippen LogP) is 0.822. The van der Waals surface area contributed by atoms with Crippen LogP contribution in [0, 0.1) is 0 Å². The lowest BCUT2D eigenvalue weighted by Crippen LogP contribution is -2.44. The van der Waals surface area contributed by atoms with Crippen LogP contribution < -0.4 is 5.73 Å². The average Bonchev–Trinajstić information content (AvgIpc) is 2.26. The number of aliphatic imine (C=N–C) groups is 1. The average molecular weight is 199 g/mol. The Labute approximate surface area is 86.1 Å². The van der Waals surface area contributed by atoms with E-state index in [0.29, 0.717) is 12.0 Å². The van der Waals surface area contributed by atoms with E-state index >= 15 is 0 Å². The van der Waals surface area contributed by atoms with Gasteiger partial charge in [0.15, 0.2) is 5.96 Å². The lowest BCUT2D eigenvalue weighted by Gasteiger charge is -2.31. The van der Waals surface area contributed by atoms with Crippen LogP contribution in [0.1, 0.15) is 26.2 Å². The molecule has 0 aliphatic carbocycles. The third-order valence-electron chi connectivity index (χ3n) is 2.60. The highest BCUT2D eigenvalue weighted by Gasteiger charge is 2.19. The minimum Gasteiger partial charge on any atom is -0.381 e. The maximum Gasteiger partial charge on any atom is 0.191 e. The number of nitrogens with zero attached hydrogens (tertiary/aromatic N) is 2. The molecule has 0 atom stereocenters. The maximum atomic E-state index is 5.87. The minimum atomic E-state index is 0.504. The first kappa shape index (κ1) is 11.3. The number of nitrogens with two attached hydrogens (primary N) is 1. The SMILES string of the molecule is CCCN=C(N)N(C)C1CCOCC1. The molecule has 0 spiro atoms. The van der Waals surface area contributed by atoms with Crippen molar-refractivity contribution in [2.24, 2.45) is 10.7 Å². The van der Waals surface area contributed by atoms with E-state index in [0.717, 1.165) is 39.0 Å². The molecule has 1 heterocycles. The van der Waals surface area contributed by atoms with E-state index in [1.165, 1.54) is 0 Å². The van der Waals surface area contributed by atoms with E-state index in [2.05, 4.69) is 16.8 Å². The maximum absolute atomic E-state index is 5.87. The van der Waals surface area contributed by atoms with Crippen molar-refractivity contribution < 1.29 is 4.74 Å². The zero-order chi connectivity index (χ0) is 10.4. The lowest BCUT2D eigenvalue weighted by molar-refractivity contribution is 0.0602. The standard InChI is InChI=1S/C10H21N3O/c1-3-6-12-10(11)13(2)9-4-7-14-8-5-9/h9H,3-8H2,1-2H3,(H2,11,12). The topological polar surface area (TPSA) is 50.8 Å². The third-order valence-corrected chi connectivity index (χ3v) is 2.60. The Morgan fingerprint density at radius 3 is 2.71 bits per heavy atom. The number of hydrogen-bond acceptors (Lipinski definition) is 2. The van der Waals surface area contributed by atoms with Gasteiger partial charge in [0.2, 0.25) is 0 Å². The molecule has 1 fully saturated rings. The van der Waals surface area contributed by atoms with Gasteiger partial charge in [-0.1, -0.05) is 6.92 Å². The predicted molar refractivity (Wildman–Crippen MR) is 58.4 cm³/mol. The normalized spacial score (nSPS) is 19.7. The molecule has 1 aliphatic heterocycles. The fourth-order valence-corrected chi connectivity index (χ4v) is 1.60. The fourth-order valence-electron chi connectivity index (χ4n) is 1.60. The van der Waals surface area contributed by atoms with Gasteiger partial charge in [-0.05, 0) is 19.3 Å². The van der Waals surface area contributed by atoms with Gasteiger partial charge < -0.3 is 15.4 Å². The Bertz CT molecular complexity index is 188. The summed E-state index contributed by atoms with van der Waals surface area (Å²) in [5.74, 6) is 0.666. The van der Waals surface area contributed by atoms with Gasteiger partial charge in [0.1, 0.15) is 0 Å². The van der Waals surface area contributed by atoms with Crippen molar-refractivity contribution in [1.29, 1.82) is 0 Å². The lowest BCUT2D eigenvalue weighted by atomic mass is 10.1. The molecule has 1 aliphatic rings. The number of hydrogen-bond donors (Lipinski definition) is 1. The van der Waals surface area contributed by atoms with E-state index in [-0.39, 0.29) is 0 Å². The molecule has 0 aromatic heterocycles. The van der Waals surface area contributed by atoms with Gasteiger partial charge in [0.25, 0.3) is 0 Å². The van der Waals surface area contributed by atoms with Gasteiger partial charge in [0, 0.05) is 32.8 Å². The zero-order valence-corrected chi connectivity index (χ0v) is 9.20. The molecule has 2 N–H and O–H groups in total. The summed E-state index contributed by atoms with van der Waals surface area (Å²) >= 11 is 0. The molecule has 0 unspecified atom stereocenters. The molecule has 0 aromatic carbocycles. The smallest absolute Gasteiger partial charge is 0.191 e. The van der Waals surface area contributed by atoms with Crippen LogP contribution in [0.5, 0.6) is 0 Å². The molecule has 82 valence electrons. The van der Waals surface area contributed by atoms with Crippen LogP contribution in [-0.2, 0) is 4.74 Å². The number of ether oxygens (including phenoxy) is 1. The monoisotopic (exact) mass is 199 g/mol. The molecule has 4 heteroatoms. The Hall–Kier alpha value is -0.770. The molecule has 0 aromatic rings. The van der Waals surface area contributed by atoms with Crippen LogP contribution in [0.15, 0.2) is 4.99 Å². The van der Waals surface area contributed by atoms with Crippen LogP contribution in [-0.4, -0.2) is 43.7 Å². The van der Waals surface area contributed by atoms with E-state index in [1.54, 1.807) is 0 Å². The van der Waals surface area contributed by atoms with Gasteiger partial charge in [-0.3, -0.25) is 4.99 Å². The Morgan fingerprint density at radius 1 is 1.50 bits per heavy atom. The highest BCUT2D eigenvalue weighted by molar-refractivity contribution is 5.78. The van der Waals surface area contributed by atoms with Crippen LogP contribution in [0.3, 0.4) is 0 Å². The Morgan fingerprint density at radius 2 is 2.14 bits per heavy atom. The summed E-state index contributed by atoms with van der Waals surface area (Å²) in [4.78, 5) is 6.38. The van der Waals surface area contributed by atoms with Crippen molar-refractivity contribution in [3.8, 4) is 0 Å². The van der Waals surface area contributed by atoms with Gasteiger partial charge in [-0.15, -0.1) is 0 Å². The first-order chi connectivity index (χ1) is 6.75. The second-order valence-electron chi connectivity index (χ2n) is 3.69. The Balaban J connectivity index is 2.41. The summed E-state index contributed by atoms with van der Waals surface area (Å²) in [5, 5.41) is 0. The van der Waals surface area contributed by atoms with E-state index in [1.807, 2.05) is 7.05 Å². The summed E-state index contributed by atoms with van der Waals surface area (Å²) in [6.07, 6.45) is 3.15. The van der Waals surface area contributed by atoms with Gasteiger partial charge >= 0.3 is 0 Å². The molecule has 0 radical (unpaired) electrons. The second kappa shape index (κ2) is 5.86. The Kier molecular flexibility index (Phi) is 4.73. The van der Waals surface area contributed by atoms with Crippen LogP contribution in [0.4, 0.5) is 0 Å². The van der Waals surface area contributed by atoms with Crippen molar-refractivity contribution in [3.05, 3.63) is 0 Å². The van der Waals surface area contributed by atoms with Crippen molar-refractivity contribution >= 4 is 5.96 Å². The molecule has 14 heavy (non-hydrogen) atoms. The molecule has 1 rings (SSSR count). The van der Waals surface area contributed by atoms with Crippen molar-refractivity contribution in [2.75, 3.05) is 26.8 Å². The molecule has 0 bridgehead atoms. The van der Waals surface area contributed by atoms with E-state index < -0.39 is 0 Å². The summed E-state index contributed by atoms with van der Waals surface area (Å²) in [5.41, 5.74) is 5.87. The summed E-state index contributed by atoms with van der Waals surface area (Å²) in [7, 11) is 2.02. The quantitative estimate of drug-likeness (QED) is 0.541. The minimum absolute atomic E-state index is 0.504. The summed E-state index contributed by atoms with van der Waals surface area (Å²) < 4.78 is 5.30. The van der Waals surface area contributed by atoms with Crippen molar-refractivity contribution in [1.82, 2.24) is 4.90 Å². The molecule has 1 saturated heterocycles. The van der Waals surface area contributed by atoms with Crippen molar-refractivity contribution in [3.63, 3.8) is 0 Å². The van der Waals surface area contributed by atoms with E-state index in [4.69, 9.17) is 10.5 Å². The largest absolute Gasteiger partial charge is 0.381 e. The highest BCUT2D eigenvalue weighted by atomic mass is 16.5. The molecule has 0 amide bonds. The first-order valence-electron chi connectivity index (χ1n) is 5.36. The van der Waals surface area contributed by atoms with Crippen molar-refractivity contribution in [2.45, 2.75) is 32.2 Å². The van der Waals surface area contributed by atoms with E-state index in [9.17, 15) is 0 Å². The number of rotatable bonds is 3. The second-order valence-corrected chi connectivity index (χ2v) is 3.69.